The molecule has 0 bridgehead atoms. The van der Waals surface area contributed by atoms with Crippen molar-refractivity contribution in [3.05, 3.63) is 44.1 Å². The SMILES string of the molecule is CNn1c(=O)[nH]c2cc(C(F)(F)F)c(C(C)OC)cc2c1=O. The van der Waals surface area contributed by atoms with E-state index in [0.717, 1.165) is 12.1 Å². The fraction of sp³-hybridized carbons (Fsp3) is 0.385. The number of aromatic amines is 1. The highest BCUT2D eigenvalue weighted by molar-refractivity contribution is 5.79. The van der Waals surface area contributed by atoms with E-state index >= 15 is 0 Å². The molecule has 1 atom stereocenters. The normalized spacial score (nSPS) is 13.4. The summed E-state index contributed by atoms with van der Waals surface area (Å²) < 4.78 is 45.2. The van der Waals surface area contributed by atoms with E-state index in [1.54, 1.807) is 0 Å². The Bertz CT molecular complexity index is 823. The van der Waals surface area contributed by atoms with Gasteiger partial charge in [-0.25, -0.2) is 4.79 Å². The summed E-state index contributed by atoms with van der Waals surface area (Å²) in [5.41, 5.74) is -0.517. The molecule has 22 heavy (non-hydrogen) atoms. The van der Waals surface area contributed by atoms with Gasteiger partial charge in [0.05, 0.1) is 22.6 Å². The molecule has 0 saturated heterocycles. The number of hydrogen-bond acceptors (Lipinski definition) is 4. The molecule has 1 unspecified atom stereocenters. The van der Waals surface area contributed by atoms with Crippen molar-refractivity contribution in [1.29, 1.82) is 0 Å². The third kappa shape index (κ3) is 2.59. The fourth-order valence-electron chi connectivity index (χ4n) is 2.19. The molecule has 2 N–H and O–H groups in total. The minimum atomic E-state index is -4.63. The molecular formula is C13H14F3N3O3. The number of nitrogens with zero attached hydrogens (tertiary/aromatic N) is 1. The van der Waals surface area contributed by atoms with E-state index in [-0.39, 0.29) is 16.5 Å². The largest absolute Gasteiger partial charge is 0.416 e. The first-order valence-corrected chi connectivity index (χ1v) is 6.31. The zero-order valence-corrected chi connectivity index (χ0v) is 12.0. The average molecular weight is 317 g/mol. The topological polar surface area (TPSA) is 76.1 Å². The standard InChI is InChI=1S/C13H14F3N3O3/c1-6(22-3)7-4-8-10(5-9(7)13(14,15)16)18-12(21)19(17-2)11(8)20/h4-6,17H,1-3H3,(H,18,21). The van der Waals surface area contributed by atoms with E-state index in [9.17, 15) is 22.8 Å². The minimum absolute atomic E-state index is 0.0409. The molecule has 0 radical (unpaired) electrons. The van der Waals surface area contributed by atoms with Crippen molar-refractivity contribution in [3.8, 4) is 0 Å². The molecule has 2 aromatic rings. The third-order valence-electron chi connectivity index (χ3n) is 3.39. The molecule has 9 heteroatoms. The van der Waals surface area contributed by atoms with Gasteiger partial charge >= 0.3 is 11.9 Å². The fourth-order valence-corrected chi connectivity index (χ4v) is 2.19. The van der Waals surface area contributed by atoms with Gasteiger partial charge in [0.25, 0.3) is 5.56 Å². The maximum atomic E-state index is 13.2. The van der Waals surface area contributed by atoms with Crippen LogP contribution in [0.2, 0.25) is 0 Å². The van der Waals surface area contributed by atoms with Crippen LogP contribution < -0.4 is 16.7 Å². The summed E-state index contributed by atoms with van der Waals surface area (Å²) in [7, 11) is 2.62. The number of nitrogens with one attached hydrogen (secondary N) is 2. The summed E-state index contributed by atoms with van der Waals surface area (Å²) in [6.07, 6.45) is -5.50. The van der Waals surface area contributed by atoms with E-state index < -0.39 is 29.1 Å². The van der Waals surface area contributed by atoms with Crippen LogP contribution in [0.5, 0.6) is 0 Å². The Kier molecular flexibility index (Phi) is 4.01. The number of methoxy groups -OCH3 is 1. The first-order chi connectivity index (χ1) is 10.2. The van der Waals surface area contributed by atoms with Gasteiger partial charge in [0.15, 0.2) is 0 Å². The Labute approximate surface area is 122 Å². The number of ether oxygens (including phenoxy) is 1. The molecule has 120 valence electrons. The Balaban J connectivity index is 2.93. The number of hydrogen-bond donors (Lipinski definition) is 2. The molecule has 0 aliphatic rings. The summed E-state index contributed by atoms with van der Waals surface area (Å²) in [5, 5.41) is -0.0409. The van der Waals surface area contributed by atoms with Gasteiger partial charge in [0.1, 0.15) is 0 Å². The van der Waals surface area contributed by atoms with Crippen LogP contribution in [0, 0.1) is 0 Å². The Morgan fingerprint density at radius 1 is 1.32 bits per heavy atom. The maximum absolute atomic E-state index is 13.2. The molecule has 0 aliphatic heterocycles. The first-order valence-electron chi connectivity index (χ1n) is 6.31. The lowest BCUT2D eigenvalue weighted by atomic mass is 10.00. The molecule has 1 aromatic carbocycles. The summed E-state index contributed by atoms with van der Waals surface area (Å²) in [6, 6.07) is 1.85. The second-order valence-corrected chi connectivity index (χ2v) is 4.66. The van der Waals surface area contributed by atoms with Crippen molar-refractivity contribution in [2.24, 2.45) is 0 Å². The van der Waals surface area contributed by atoms with Crippen LogP contribution in [0.1, 0.15) is 24.2 Å². The van der Waals surface area contributed by atoms with Crippen molar-refractivity contribution in [3.63, 3.8) is 0 Å². The number of halogens is 3. The maximum Gasteiger partial charge on any atom is 0.416 e. The van der Waals surface area contributed by atoms with Crippen LogP contribution in [0.15, 0.2) is 21.7 Å². The number of rotatable bonds is 3. The van der Waals surface area contributed by atoms with E-state index in [2.05, 4.69) is 10.4 Å². The number of aromatic nitrogens is 2. The van der Waals surface area contributed by atoms with Gasteiger partial charge in [-0.3, -0.25) is 4.79 Å². The van der Waals surface area contributed by atoms with Gasteiger partial charge in [-0.1, -0.05) is 0 Å². The summed E-state index contributed by atoms with van der Waals surface area (Å²) >= 11 is 0. The molecular weight excluding hydrogens is 303 g/mol. The number of H-pyrrole nitrogens is 1. The smallest absolute Gasteiger partial charge is 0.377 e. The Morgan fingerprint density at radius 2 is 1.95 bits per heavy atom. The molecule has 2 rings (SSSR count). The van der Waals surface area contributed by atoms with Gasteiger partial charge < -0.3 is 15.1 Å². The lowest BCUT2D eigenvalue weighted by molar-refractivity contribution is -0.139. The van der Waals surface area contributed by atoms with Crippen LogP contribution in [-0.2, 0) is 10.9 Å². The molecule has 1 aromatic heterocycles. The van der Waals surface area contributed by atoms with Crippen molar-refractivity contribution >= 4 is 10.9 Å². The zero-order chi connectivity index (χ0) is 16.7. The van der Waals surface area contributed by atoms with E-state index in [4.69, 9.17) is 4.74 Å². The van der Waals surface area contributed by atoms with Crippen LogP contribution in [0.25, 0.3) is 10.9 Å². The van der Waals surface area contributed by atoms with Crippen LogP contribution in [-0.4, -0.2) is 23.8 Å². The predicted octanol–water partition coefficient (Wildman–Crippen LogP) is 1.59. The Morgan fingerprint density at radius 3 is 2.45 bits per heavy atom. The van der Waals surface area contributed by atoms with Crippen LogP contribution in [0.4, 0.5) is 13.2 Å². The van der Waals surface area contributed by atoms with Crippen molar-refractivity contribution in [2.45, 2.75) is 19.2 Å². The third-order valence-corrected chi connectivity index (χ3v) is 3.39. The highest BCUT2D eigenvalue weighted by Crippen LogP contribution is 2.36. The quantitative estimate of drug-likeness (QED) is 0.901. The van der Waals surface area contributed by atoms with Crippen molar-refractivity contribution in [1.82, 2.24) is 9.66 Å². The predicted molar refractivity (Wildman–Crippen MR) is 74.5 cm³/mol. The zero-order valence-electron chi connectivity index (χ0n) is 12.0. The van der Waals surface area contributed by atoms with Crippen LogP contribution in [0.3, 0.4) is 0 Å². The number of benzene rings is 1. The number of fused-ring (bicyclic) bond motifs is 1. The molecule has 1 heterocycles. The van der Waals surface area contributed by atoms with Gasteiger partial charge in [0, 0.05) is 14.2 Å². The van der Waals surface area contributed by atoms with Crippen molar-refractivity contribution < 1.29 is 17.9 Å². The van der Waals surface area contributed by atoms with Gasteiger partial charge in [0.2, 0.25) is 0 Å². The summed E-state index contributed by atoms with van der Waals surface area (Å²) in [6.45, 7) is 1.44. The van der Waals surface area contributed by atoms with Crippen molar-refractivity contribution in [2.75, 3.05) is 19.6 Å². The lowest BCUT2D eigenvalue weighted by Gasteiger charge is -2.18. The minimum Gasteiger partial charge on any atom is -0.377 e. The average Bonchev–Trinajstić information content (AvgIpc) is 2.44. The molecule has 0 aliphatic carbocycles. The van der Waals surface area contributed by atoms with E-state index in [0.29, 0.717) is 4.68 Å². The summed E-state index contributed by atoms with van der Waals surface area (Å²) in [4.78, 5) is 26.1. The Hall–Kier alpha value is -2.29. The monoisotopic (exact) mass is 317 g/mol. The molecule has 0 fully saturated rings. The van der Waals surface area contributed by atoms with E-state index in [1.165, 1.54) is 21.1 Å². The van der Waals surface area contributed by atoms with Crippen LogP contribution >= 0.6 is 0 Å². The van der Waals surface area contributed by atoms with Gasteiger partial charge in [-0.2, -0.15) is 17.8 Å². The number of alkyl halides is 3. The molecule has 0 saturated carbocycles. The van der Waals surface area contributed by atoms with Gasteiger partial charge in [-0.15, -0.1) is 0 Å². The van der Waals surface area contributed by atoms with E-state index in [1.807, 2.05) is 0 Å². The summed E-state index contributed by atoms with van der Waals surface area (Å²) in [5.74, 6) is 0. The lowest BCUT2D eigenvalue weighted by Crippen LogP contribution is -2.40. The molecule has 0 spiro atoms. The molecule has 0 amide bonds. The highest BCUT2D eigenvalue weighted by Gasteiger charge is 2.35. The highest BCUT2D eigenvalue weighted by atomic mass is 19.4. The second-order valence-electron chi connectivity index (χ2n) is 4.66. The first kappa shape index (κ1) is 16.1. The molecule has 6 nitrogen and oxygen atoms in total. The second kappa shape index (κ2) is 5.48. The van der Waals surface area contributed by atoms with Gasteiger partial charge in [-0.05, 0) is 24.6 Å².